The maximum Gasteiger partial charge on any atom is 0.310 e. The number of hydrogen-bond donors (Lipinski definition) is 0. The number of carbonyl (C=O) groups is 2. The van der Waals surface area contributed by atoms with Gasteiger partial charge in [0.05, 0.1) is 13.0 Å². The molecule has 0 saturated heterocycles. The second kappa shape index (κ2) is 8.76. The SMILES string of the molecule is COC(=O)C(C)CN(CCN(C)C)C(=O)c1ccc(Cl)cc1. The molecule has 1 amide bonds. The molecule has 1 rings (SSSR count). The molecular weight excluding hydrogens is 304 g/mol. The number of rotatable bonds is 7. The van der Waals surface area contributed by atoms with Gasteiger partial charge >= 0.3 is 5.97 Å². The zero-order chi connectivity index (χ0) is 16.7. The molecule has 0 aliphatic rings. The number of carbonyl (C=O) groups excluding carboxylic acids is 2. The molecule has 0 N–H and O–H groups in total. The topological polar surface area (TPSA) is 49.9 Å². The van der Waals surface area contributed by atoms with E-state index in [9.17, 15) is 9.59 Å². The van der Waals surface area contributed by atoms with Gasteiger partial charge in [0.25, 0.3) is 5.91 Å². The Morgan fingerprint density at radius 2 is 1.77 bits per heavy atom. The fourth-order valence-corrected chi connectivity index (χ4v) is 2.10. The van der Waals surface area contributed by atoms with E-state index in [1.165, 1.54) is 7.11 Å². The monoisotopic (exact) mass is 326 g/mol. The lowest BCUT2D eigenvalue weighted by Crippen LogP contribution is -2.41. The van der Waals surface area contributed by atoms with Crippen molar-refractivity contribution in [1.82, 2.24) is 9.80 Å². The Kier molecular flexibility index (Phi) is 7.35. The second-order valence-corrected chi connectivity index (χ2v) is 5.92. The second-order valence-electron chi connectivity index (χ2n) is 5.49. The van der Waals surface area contributed by atoms with Gasteiger partial charge in [-0.25, -0.2) is 0 Å². The molecule has 0 bridgehead atoms. The van der Waals surface area contributed by atoms with Gasteiger partial charge < -0.3 is 14.5 Å². The van der Waals surface area contributed by atoms with Crippen LogP contribution in [0.4, 0.5) is 0 Å². The average molecular weight is 327 g/mol. The summed E-state index contributed by atoms with van der Waals surface area (Å²) in [5.41, 5.74) is 0.556. The van der Waals surface area contributed by atoms with Crippen LogP contribution in [0.5, 0.6) is 0 Å². The van der Waals surface area contributed by atoms with E-state index in [0.717, 1.165) is 0 Å². The van der Waals surface area contributed by atoms with Crippen LogP contribution in [0.3, 0.4) is 0 Å². The number of methoxy groups -OCH3 is 1. The normalized spacial score (nSPS) is 12.1. The smallest absolute Gasteiger partial charge is 0.310 e. The predicted molar refractivity (Wildman–Crippen MR) is 87.1 cm³/mol. The van der Waals surface area contributed by atoms with E-state index >= 15 is 0 Å². The molecule has 0 aliphatic carbocycles. The Labute approximate surface area is 136 Å². The first-order valence-corrected chi connectivity index (χ1v) is 7.50. The first kappa shape index (κ1) is 18.5. The van der Waals surface area contributed by atoms with Crippen LogP contribution in [0.25, 0.3) is 0 Å². The Morgan fingerprint density at radius 1 is 1.18 bits per heavy atom. The van der Waals surface area contributed by atoms with Crippen molar-refractivity contribution in [3.8, 4) is 0 Å². The lowest BCUT2D eigenvalue weighted by molar-refractivity contribution is -0.145. The number of halogens is 1. The number of esters is 1. The molecule has 0 aliphatic heterocycles. The summed E-state index contributed by atoms with van der Waals surface area (Å²) in [6, 6.07) is 6.75. The van der Waals surface area contributed by atoms with Crippen LogP contribution in [0.1, 0.15) is 17.3 Å². The summed E-state index contributed by atoms with van der Waals surface area (Å²) in [6.07, 6.45) is 0. The van der Waals surface area contributed by atoms with Crippen molar-refractivity contribution < 1.29 is 14.3 Å². The molecular formula is C16H23ClN2O3. The summed E-state index contributed by atoms with van der Waals surface area (Å²) in [6.45, 7) is 3.33. The van der Waals surface area contributed by atoms with Crippen molar-refractivity contribution in [2.75, 3.05) is 40.8 Å². The highest BCUT2D eigenvalue weighted by molar-refractivity contribution is 6.30. The van der Waals surface area contributed by atoms with Crippen LogP contribution in [-0.2, 0) is 9.53 Å². The van der Waals surface area contributed by atoms with Crippen LogP contribution in [-0.4, -0.2) is 62.5 Å². The van der Waals surface area contributed by atoms with Gasteiger partial charge in [-0.2, -0.15) is 0 Å². The summed E-state index contributed by atoms with van der Waals surface area (Å²) < 4.78 is 4.73. The van der Waals surface area contributed by atoms with E-state index in [4.69, 9.17) is 16.3 Å². The zero-order valence-corrected chi connectivity index (χ0v) is 14.3. The molecule has 122 valence electrons. The molecule has 0 aromatic heterocycles. The summed E-state index contributed by atoms with van der Waals surface area (Å²) in [4.78, 5) is 27.9. The summed E-state index contributed by atoms with van der Waals surface area (Å²) in [5.74, 6) is -0.809. The Morgan fingerprint density at radius 3 is 2.27 bits per heavy atom. The maximum atomic E-state index is 12.6. The number of ether oxygens (including phenoxy) is 1. The minimum Gasteiger partial charge on any atom is -0.469 e. The third kappa shape index (κ3) is 5.66. The fourth-order valence-electron chi connectivity index (χ4n) is 1.98. The van der Waals surface area contributed by atoms with Crippen LogP contribution in [0, 0.1) is 5.92 Å². The minimum atomic E-state index is -0.372. The first-order valence-electron chi connectivity index (χ1n) is 7.12. The summed E-state index contributed by atoms with van der Waals surface area (Å²) in [7, 11) is 5.23. The van der Waals surface area contributed by atoms with Crippen molar-refractivity contribution in [2.24, 2.45) is 5.92 Å². The average Bonchev–Trinajstić information content (AvgIpc) is 2.50. The molecule has 0 fully saturated rings. The van der Waals surface area contributed by atoms with E-state index in [1.54, 1.807) is 36.1 Å². The van der Waals surface area contributed by atoms with Gasteiger partial charge in [-0.3, -0.25) is 9.59 Å². The fraction of sp³-hybridized carbons (Fsp3) is 0.500. The largest absolute Gasteiger partial charge is 0.469 e. The third-order valence-electron chi connectivity index (χ3n) is 3.29. The van der Waals surface area contributed by atoms with E-state index in [2.05, 4.69) is 0 Å². The van der Waals surface area contributed by atoms with Gasteiger partial charge in [0.1, 0.15) is 0 Å². The molecule has 22 heavy (non-hydrogen) atoms. The Balaban J connectivity index is 2.85. The van der Waals surface area contributed by atoms with Gasteiger partial charge in [-0.1, -0.05) is 18.5 Å². The predicted octanol–water partition coefficient (Wildman–Crippen LogP) is 2.15. The highest BCUT2D eigenvalue weighted by Gasteiger charge is 2.22. The zero-order valence-electron chi connectivity index (χ0n) is 13.5. The van der Waals surface area contributed by atoms with E-state index in [0.29, 0.717) is 30.2 Å². The quantitative estimate of drug-likeness (QED) is 0.720. The molecule has 1 unspecified atom stereocenters. The Hall–Kier alpha value is -1.59. The first-order chi connectivity index (χ1) is 10.3. The van der Waals surface area contributed by atoms with Crippen molar-refractivity contribution in [3.05, 3.63) is 34.9 Å². The number of likely N-dealkylation sites (N-methyl/N-ethyl adjacent to an activating group) is 1. The van der Waals surface area contributed by atoms with E-state index in [1.807, 2.05) is 19.0 Å². The number of hydrogen-bond acceptors (Lipinski definition) is 4. The highest BCUT2D eigenvalue weighted by atomic mass is 35.5. The minimum absolute atomic E-state index is 0.116. The maximum absolute atomic E-state index is 12.6. The number of amides is 1. The molecule has 0 spiro atoms. The number of benzene rings is 1. The van der Waals surface area contributed by atoms with Gasteiger partial charge in [-0.05, 0) is 38.4 Å². The van der Waals surface area contributed by atoms with Gasteiger partial charge in [-0.15, -0.1) is 0 Å². The van der Waals surface area contributed by atoms with Crippen molar-refractivity contribution in [3.63, 3.8) is 0 Å². The summed E-state index contributed by atoms with van der Waals surface area (Å²) in [5, 5.41) is 0.583. The molecule has 1 atom stereocenters. The molecule has 0 saturated carbocycles. The van der Waals surface area contributed by atoms with Gasteiger partial charge in [0.2, 0.25) is 0 Å². The lowest BCUT2D eigenvalue weighted by Gasteiger charge is -2.26. The van der Waals surface area contributed by atoms with Crippen LogP contribution >= 0.6 is 11.6 Å². The van der Waals surface area contributed by atoms with Gasteiger partial charge in [0, 0.05) is 30.2 Å². The van der Waals surface area contributed by atoms with Crippen LogP contribution in [0.2, 0.25) is 5.02 Å². The van der Waals surface area contributed by atoms with Crippen molar-refractivity contribution in [1.29, 1.82) is 0 Å². The van der Waals surface area contributed by atoms with Crippen molar-refractivity contribution in [2.45, 2.75) is 6.92 Å². The van der Waals surface area contributed by atoms with Crippen LogP contribution in [0.15, 0.2) is 24.3 Å². The van der Waals surface area contributed by atoms with E-state index < -0.39 is 0 Å². The molecule has 5 nitrogen and oxygen atoms in total. The van der Waals surface area contributed by atoms with Crippen LogP contribution < -0.4 is 0 Å². The molecule has 0 heterocycles. The molecule has 0 radical (unpaired) electrons. The molecule has 1 aromatic rings. The molecule has 6 heteroatoms. The lowest BCUT2D eigenvalue weighted by atomic mass is 10.1. The van der Waals surface area contributed by atoms with Crippen molar-refractivity contribution >= 4 is 23.5 Å². The summed E-state index contributed by atoms with van der Waals surface area (Å²) >= 11 is 5.85. The number of nitrogens with zero attached hydrogens (tertiary/aromatic N) is 2. The standard InChI is InChI=1S/C16H23ClN2O3/c1-12(16(21)22-4)11-19(10-9-18(2)3)15(20)13-5-7-14(17)8-6-13/h5-8,12H,9-11H2,1-4H3. The molecule has 1 aromatic carbocycles. The highest BCUT2D eigenvalue weighted by Crippen LogP contribution is 2.13. The Bertz CT molecular complexity index is 503. The van der Waals surface area contributed by atoms with Gasteiger partial charge in [0.15, 0.2) is 0 Å². The van der Waals surface area contributed by atoms with E-state index in [-0.39, 0.29) is 17.8 Å². The third-order valence-corrected chi connectivity index (χ3v) is 3.55.